The van der Waals surface area contributed by atoms with Crippen LogP contribution in [0.3, 0.4) is 0 Å². The summed E-state index contributed by atoms with van der Waals surface area (Å²) in [5, 5.41) is 18.7. The molecule has 19 heavy (non-hydrogen) atoms. The molecular formula is C12H20N4O3. The predicted octanol–water partition coefficient (Wildman–Crippen LogP) is 0.123. The number of carboxylic acids is 1. The molecule has 0 radical (unpaired) electrons. The van der Waals surface area contributed by atoms with Crippen LogP contribution in [-0.2, 0) is 18.4 Å². The minimum absolute atomic E-state index is 0.0964. The Morgan fingerprint density at radius 1 is 1.53 bits per heavy atom. The molecule has 0 bridgehead atoms. The third-order valence-electron chi connectivity index (χ3n) is 2.81. The van der Waals surface area contributed by atoms with Crippen LogP contribution in [-0.4, -0.2) is 39.4 Å². The zero-order chi connectivity index (χ0) is 14.4. The number of aromatic carboxylic acids is 1. The molecule has 7 nitrogen and oxygen atoms in total. The van der Waals surface area contributed by atoms with Crippen LogP contribution in [0, 0.1) is 0 Å². The van der Waals surface area contributed by atoms with Gasteiger partial charge in [0.05, 0.1) is 17.9 Å². The topological polar surface area (TPSA) is 96.2 Å². The predicted molar refractivity (Wildman–Crippen MR) is 69.8 cm³/mol. The van der Waals surface area contributed by atoms with E-state index in [0.29, 0.717) is 12.2 Å². The van der Waals surface area contributed by atoms with Crippen molar-refractivity contribution in [3.8, 4) is 0 Å². The highest BCUT2D eigenvalue weighted by atomic mass is 16.4. The molecule has 1 unspecified atom stereocenters. The third kappa shape index (κ3) is 4.06. The summed E-state index contributed by atoms with van der Waals surface area (Å²) < 4.78 is 1.49. The first-order chi connectivity index (χ1) is 8.97. The first-order valence-corrected chi connectivity index (χ1v) is 6.22. The number of rotatable bonds is 7. The standard InChI is InChI=1S/C12H20N4O3/c1-4-5-13-11(17)8(2)14-7-10-9(12(18)19)6-15-16(10)3/h6,8,14H,4-5,7H2,1-3H3,(H,13,17)(H,18,19). The molecule has 3 N–H and O–H groups in total. The summed E-state index contributed by atoms with van der Waals surface area (Å²) in [4.78, 5) is 22.6. The van der Waals surface area contributed by atoms with Gasteiger partial charge < -0.3 is 15.7 Å². The molecule has 0 aliphatic heterocycles. The van der Waals surface area contributed by atoms with E-state index in [1.165, 1.54) is 10.9 Å². The van der Waals surface area contributed by atoms with Crippen molar-refractivity contribution in [3.63, 3.8) is 0 Å². The van der Waals surface area contributed by atoms with Crippen LogP contribution in [0.4, 0.5) is 0 Å². The number of hydrogen-bond donors (Lipinski definition) is 3. The van der Waals surface area contributed by atoms with E-state index in [-0.39, 0.29) is 24.1 Å². The van der Waals surface area contributed by atoms with Crippen molar-refractivity contribution in [2.45, 2.75) is 32.9 Å². The molecule has 7 heteroatoms. The molecule has 0 aliphatic carbocycles. The third-order valence-corrected chi connectivity index (χ3v) is 2.81. The van der Waals surface area contributed by atoms with Gasteiger partial charge >= 0.3 is 5.97 Å². The lowest BCUT2D eigenvalue weighted by Gasteiger charge is -2.14. The molecule has 0 aliphatic rings. The molecule has 106 valence electrons. The highest BCUT2D eigenvalue weighted by Gasteiger charge is 2.17. The Morgan fingerprint density at radius 3 is 2.79 bits per heavy atom. The summed E-state index contributed by atoms with van der Waals surface area (Å²) in [5.41, 5.74) is 0.693. The van der Waals surface area contributed by atoms with Gasteiger partial charge in [-0.1, -0.05) is 6.92 Å². The second-order valence-electron chi connectivity index (χ2n) is 4.33. The van der Waals surface area contributed by atoms with Gasteiger partial charge in [0, 0.05) is 20.1 Å². The fraction of sp³-hybridized carbons (Fsp3) is 0.583. The second kappa shape index (κ2) is 6.89. The minimum atomic E-state index is -1.02. The van der Waals surface area contributed by atoms with Crippen molar-refractivity contribution in [1.29, 1.82) is 0 Å². The van der Waals surface area contributed by atoms with Crippen LogP contribution < -0.4 is 10.6 Å². The minimum Gasteiger partial charge on any atom is -0.478 e. The molecule has 1 aromatic heterocycles. The zero-order valence-corrected chi connectivity index (χ0v) is 11.4. The van der Waals surface area contributed by atoms with Crippen LogP contribution in [0.5, 0.6) is 0 Å². The summed E-state index contributed by atoms with van der Waals surface area (Å²) >= 11 is 0. The normalized spacial score (nSPS) is 12.2. The summed E-state index contributed by atoms with van der Waals surface area (Å²) in [6.45, 7) is 4.63. The van der Waals surface area contributed by atoms with Crippen molar-refractivity contribution in [2.75, 3.05) is 6.54 Å². The fourth-order valence-electron chi connectivity index (χ4n) is 1.59. The SMILES string of the molecule is CCCNC(=O)C(C)NCc1c(C(=O)O)cnn1C. The van der Waals surface area contributed by atoms with E-state index in [1.807, 2.05) is 6.92 Å². The molecule has 1 heterocycles. The monoisotopic (exact) mass is 268 g/mol. The maximum absolute atomic E-state index is 11.7. The van der Waals surface area contributed by atoms with Gasteiger partial charge in [0.15, 0.2) is 0 Å². The van der Waals surface area contributed by atoms with Crippen molar-refractivity contribution in [3.05, 3.63) is 17.5 Å². The number of aromatic nitrogens is 2. The number of carbonyl (C=O) groups is 2. The van der Waals surface area contributed by atoms with Crippen molar-refractivity contribution in [1.82, 2.24) is 20.4 Å². The highest BCUT2D eigenvalue weighted by molar-refractivity contribution is 5.88. The van der Waals surface area contributed by atoms with Gasteiger partial charge in [-0.25, -0.2) is 4.79 Å². The van der Waals surface area contributed by atoms with Crippen LogP contribution in [0.15, 0.2) is 6.20 Å². The molecule has 0 spiro atoms. The van der Waals surface area contributed by atoms with Gasteiger partial charge in [0.2, 0.25) is 5.91 Å². The maximum Gasteiger partial charge on any atom is 0.339 e. The lowest BCUT2D eigenvalue weighted by atomic mass is 10.2. The second-order valence-corrected chi connectivity index (χ2v) is 4.33. The Kier molecular flexibility index (Phi) is 5.50. The Hall–Kier alpha value is -1.89. The summed E-state index contributed by atoms with van der Waals surface area (Å²) in [6.07, 6.45) is 2.19. The number of nitrogens with zero attached hydrogens (tertiary/aromatic N) is 2. The first kappa shape index (κ1) is 15.2. The molecule has 1 atom stereocenters. The van der Waals surface area contributed by atoms with E-state index in [4.69, 9.17) is 5.11 Å². The zero-order valence-electron chi connectivity index (χ0n) is 11.4. The van der Waals surface area contributed by atoms with Crippen molar-refractivity contribution in [2.24, 2.45) is 7.05 Å². The maximum atomic E-state index is 11.7. The van der Waals surface area contributed by atoms with Gasteiger partial charge in [0.1, 0.15) is 5.56 Å². The quantitative estimate of drug-likeness (QED) is 0.653. The van der Waals surface area contributed by atoms with E-state index < -0.39 is 5.97 Å². The number of carbonyl (C=O) groups excluding carboxylic acids is 1. The van der Waals surface area contributed by atoms with E-state index in [2.05, 4.69) is 15.7 Å². The smallest absolute Gasteiger partial charge is 0.339 e. The van der Waals surface area contributed by atoms with Crippen LogP contribution >= 0.6 is 0 Å². The number of amides is 1. The summed E-state index contributed by atoms with van der Waals surface area (Å²) in [7, 11) is 1.67. The molecule has 0 aromatic carbocycles. The largest absolute Gasteiger partial charge is 0.478 e. The average Bonchev–Trinajstić information content (AvgIpc) is 2.74. The summed E-state index contributed by atoms with van der Waals surface area (Å²) in [6, 6.07) is -0.386. The van der Waals surface area contributed by atoms with E-state index in [0.717, 1.165) is 6.42 Å². The molecular weight excluding hydrogens is 248 g/mol. The molecule has 1 aromatic rings. The molecule has 0 saturated carbocycles. The Bertz CT molecular complexity index is 456. The lowest BCUT2D eigenvalue weighted by molar-refractivity contribution is -0.122. The Labute approximate surface area is 112 Å². The Morgan fingerprint density at radius 2 is 2.21 bits per heavy atom. The first-order valence-electron chi connectivity index (χ1n) is 6.22. The highest BCUT2D eigenvalue weighted by Crippen LogP contribution is 2.07. The van der Waals surface area contributed by atoms with Crippen molar-refractivity contribution >= 4 is 11.9 Å². The van der Waals surface area contributed by atoms with Crippen LogP contribution in [0.1, 0.15) is 36.3 Å². The molecule has 0 saturated heterocycles. The van der Waals surface area contributed by atoms with Gasteiger partial charge in [-0.2, -0.15) is 5.10 Å². The van der Waals surface area contributed by atoms with Gasteiger partial charge in [0.25, 0.3) is 0 Å². The van der Waals surface area contributed by atoms with Crippen molar-refractivity contribution < 1.29 is 14.7 Å². The van der Waals surface area contributed by atoms with Gasteiger partial charge in [-0.3, -0.25) is 9.48 Å². The Balaban J connectivity index is 2.59. The van der Waals surface area contributed by atoms with Crippen LogP contribution in [0.25, 0.3) is 0 Å². The van der Waals surface area contributed by atoms with E-state index in [1.54, 1.807) is 14.0 Å². The number of carboxylic acid groups (broad SMARTS) is 1. The number of hydrogen-bond acceptors (Lipinski definition) is 4. The lowest BCUT2D eigenvalue weighted by Crippen LogP contribution is -2.42. The molecule has 1 rings (SSSR count). The average molecular weight is 268 g/mol. The summed E-state index contributed by atoms with van der Waals surface area (Å²) in [5.74, 6) is -1.12. The van der Waals surface area contributed by atoms with Gasteiger partial charge in [-0.05, 0) is 13.3 Å². The molecule has 0 fully saturated rings. The molecule has 1 amide bonds. The van der Waals surface area contributed by atoms with Crippen LogP contribution in [0.2, 0.25) is 0 Å². The number of aryl methyl sites for hydroxylation is 1. The van der Waals surface area contributed by atoms with Gasteiger partial charge in [-0.15, -0.1) is 0 Å². The van der Waals surface area contributed by atoms with E-state index >= 15 is 0 Å². The fourth-order valence-corrected chi connectivity index (χ4v) is 1.59. The van der Waals surface area contributed by atoms with E-state index in [9.17, 15) is 9.59 Å². The number of nitrogens with one attached hydrogen (secondary N) is 2.